The number of fused-ring (bicyclic) bond motifs is 1. The van der Waals surface area contributed by atoms with Crippen molar-refractivity contribution in [1.82, 2.24) is 15.1 Å². The minimum atomic E-state index is -0.628. The van der Waals surface area contributed by atoms with E-state index in [1.165, 1.54) is 6.07 Å². The first-order valence-corrected chi connectivity index (χ1v) is 8.17. The molecule has 1 saturated heterocycles. The summed E-state index contributed by atoms with van der Waals surface area (Å²) >= 11 is 0. The molecule has 1 aromatic carbocycles. The van der Waals surface area contributed by atoms with E-state index in [1.807, 2.05) is 0 Å². The largest absolute Gasteiger partial charge is 0.348 e. The SMILES string of the molecule is CN1CCN(CC(=O)N[C@H]2CCCc3c(F)cc(F)cc32)CC1=O. The van der Waals surface area contributed by atoms with Crippen molar-refractivity contribution in [3.05, 3.63) is 34.9 Å². The summed E-state index contributed by atoms with van der Waals surface area (Å²) in [5, 5.41) is 2.86. The van der Waals surface area contributed by atoms with E-state index in [0.717, 1.165) is 12.5 Å². The van der Waals surface area contributed by atoms with Gasteiger partial charge in [-0.25, -0.2) is 8.78 Å². The smallest absolute Gasteiger partial charge is 0.236 e. The van der Waals surface area contributed by atoms with Crippen LogP contribution in [0.1, 0.15) is 30.0 Å². The number of hydrogen-bond donors (Lipinski definition) is 1. The van der Waals surface area contributed by atoms with Crippen molar-refractivity contribution < 1.29 is 18.4 Å². The predicted molar refractivity (Wildman–Crippen MR) is 84.3 cm³/mol. The first kappa shape index (κ1) is 16.8. The molecule has 0 radical (unpaired) electrons. The third-order valence-corrected chi connectivity index (χ3v) is 4.73. The van der Waals surface area contributed by atoms with E-state index in [-0.39, 0.29) is 30.9 Å². The van der Waals surface area contributed by atoms with Gasteiger partial charge in [-0.3, -0.25) is 14.5 Å². The minimum absolute atomic E-state index is 0.0128. The third kappa shape index (κ3) is 3.56. The molecule has 0 bridgehead atoms. The average molecular weight is 337 g/mol. The standard InChI is InChI=1S/C17H21F2N3O2/c1-21-5-6-22(10-17(21)24)9-16(23)20-15-4-2-3-12-13(15)7-11(18)8-14(12)19/h7-8,15H,2-6,9-10H2,1H3,(H,20,23)/t15-/m0/s1. The molecule has 2 amide bonds. The van der Waals surface area contributed by atoms with Crippen molar-refractivity contribution in [3.63, 3.8) is 0 Å². The van der Waals surface area contributed by atoms with E-state index in [4.69, 9.17) is 0 Å². The number of nitrogens with one attached hydrogen (secondary N) is 1. The van der Waals surface area contributed by atoms with Crippen molar-refractivity contribution >= 4 is 11.8 Å². The predicted octanol–water partition coefficient (Wildman–Crippen LogP) is 1.23. The molecule has 24 heavy (non-hydrogen) atoms. The lowest BCUT2D eigenvalue weighted by Crippen LogP contribution is -2.51. The summed E-state index contributed by atoms with van der Waals surface area (Å²) < 4.78 is 27.4. The molecule has 130 valence electrons. The van der Waals surface area contributed by atoms with E-state index in [0.29, 0.717) is 37.1 Å². The second-order valence-electron chi connectivity index (χ2n) is 6.49. The third-order valence-electron chi connectivity index (χ3n) is 4.73. The number of nitrogens with zero attached hydrogens (tertiary/aromatic N) is 2. The first-order chi connectivity index (χ1) is 11.4. The lowest BCUT2D eigenvalue weighted by Gasteiger charge is -2.32. The molecule has 3 rings (SSSR count). The molecule has 0 aromatic heterocycles. The Labute approximate surface area is 139 Å². The summed E-state index contributed by atoms with van der Waals surface area (Å²) in [4.78, 5) is 27.4. The molecule has 7 heteroatoms. The van der Waals surface area contributed by atoms with E-state index >= 15 is 0 Å². The summed E-state index contributed by atoms with van der Waals surface area (Å²) in [6.45, 7) is 1.56. The van der Waals surface area contributed by atoms with Crippen LogP contribution in [0.15, 0.2) is 12.1 Å². The maximum absolute atomic E-state index is 13.9. The maximum atomic E-state index is 13.9. The van der Waals surface area contributed by atoms with E-state index in [2.05, 4.69) is 5.32 Å². The van der Waals surface area contributed by atoms with Crippen LogP contribution in [0.3, 0.4) is 0 Å². The normalized spacial score (nSPS) is 21.5. The molecule has 1 aliphatic carbocycles. The highest BCUT2D eigenvalue weighted by Crippen LogP contribution is 2.32. The number of carbonyl (C=O) groups excluding carboxylic acids is 2. The van der Waals surface area contributed by atoms with E-state index < -0.39 is 11.6 Å². The molecular weight excluding hydrogens is 316 g/mol. The number of likely N-dealkylation sites (N-methyl/N-ethyl adjacent to an activating group) is 1. The van der Waals surface area contributed by atoms with Gasteiger partial charge in [0.2, 0.25) is 11.8 Å². The van der Waals surface area contributed by atoms with E-state index in [1.54, 1.807) is 16.8 Å². The molecular formula is C17H21F2N3O2. The summed E-state index contributed by atoms with van der Waals surface area (Å²) in [7, 11) is 1.74. The molecule has 1 aromatic rings. The maximum Gasteiger partial charge on any atom is 0.236 e. The van der Waals surface area contributed by atoms with Crippen LogP contribution in [0.25, 0.3) is 0 Å². The number of halogens is 2. The Morgan fingerprint density at radius 2 is 2.12 bits per heavy atom. The number of rotatable bonds is 3. The molecule has 2 aliphatic rings. The van der Waals surface area contributed by atoms with Crippen LogP contribution in [-0.2, 0) is 16.0 Å². The Balaban J connectivity index is 1.65. The highest BCUT2D eigenvalue weighted by atomic mass is 19.1. The van der Waals surface area contributed by atoms with Gasteiger partial charge >= 0.3 is 0 Å². The van der Waals surface area contributed by atoms with Gasteiger partial charge in [0, 0.05) is 26.2 Å². The van der Waals surface area contributed by atoms with Crippen molar-refractivity contribution in [1.29, 1.82) is 0 Å². The second-order valence-corrected chi connectivity index (χ2v) is 6.49. The molecule has 0 saturated carbocycles. The van der Waals surface area contributed by atoms with Gasteiger partial charge in [0.25, 0.3) is 0 Å². The van der Waals surface area contributed by atoms with Gasteiger partial charge in [0.05, 0.1) is 19.1 Å². The van der Waals surface area contributed by atoms with Crippen LogP contribution in [0.2, 0.25) is 0 Å². The highest BCUT2D eigenvalue weighted by Gasteiger charge is 2.27. The Kier molecular flexibility index (Phi) is 4.80. The number of piperazine rings is 1. The zero-order valence-electron chi connectivity index (χ0n) is 13.6. The van der Waals surface area contributed by atoms with Crippen LogP contribution < -0.4 is 5.32 Å². The highest BCUT2D eigenvalue weighted by molar-refractivity contribution is 5.82. The van der Waals surface area contributed by atoms with Crippen molar-refractivity contribution in [2.24, 2.45) is 0 Å². The fourth-order valence-electron chi connectivity index (χ4n) is 3.37. The summed E-state index contributed by atoms with van der Waals surface area (Å²) in [5.74, 6) is -1.42. The molecule has 1 N–H and O–H groups in total. The molecule has 5 nitrogen and oxygen atoms in total. The van der Waals surface area contributed by atoms with Crippen LogP contribution in [0.4, 0.5) is 8.78 Å². The van der Waals surface area contributed by atoms with Gasteiger partial charge in [-0.05, 0) is 36.5 Å². The fourth-order valence-corrected chi connectivity index (χ4v) is 3.37. The number of amides is 2. The lowest BCUT2D eigenvalue weighted by molar-refractivity contribution is -0.135. The topological polar surface area (TPSA) is 52.6 Å². The molecule has 1 atom stereocenters. The lowest BCUT2D eigenvalue weighted by atomic mass is 9.87. The van der Waals surface area contributed by atoms with Gasteiger partial charge < -0.3 is 10.2 Å². The number of carbonyl (C=O) groups is 2. The minimum Gasteiger partial charge on any atom is -0.348 e. The fraction of sp³-hybridized carbons (Fsp3) is 0.529. The number of hydrogen-bond acceptors (Lipinski definition) is 3. The van der Waals surface area contributed by atoms with Gasteiger partial charge in [-0.1, -0.05) is 0 Å². The summed E-state index contributed by atoms with van der Waals surface area (Å²) in [5.41, 5.74) is 1.02. The Morgan fingerprint density at radius 3 is 2.88 bits per heavy atom. The summed E-state index contributed by atoms with van der Waals surface area (Å²) in [6, 6.07) is 1.82. The van der Waals surface area contributed by atoms with E-state index in [9.17, 15) is 18.4 Å². The van der Waals surface area contributed by atoms with Crippen molar-refractivity contribution in [3.8, 4) is 0 Å². The second kappa shape index (κ2) is 6.84. The van der Waals surface area contributed by atoms with Crippen molar-refractivity contribution in [2.45, 2.75) is 25.3 Å². The molecule has 1 fully saturated rings. The zero-order valence-corrected chi connectivity index (χ0v) is 13.6. The van der Waals surface area contributed by atoms with Crippen LogP contribution >= 0.6 is 0 Å². The van der Waals surface area contributed by atoms with Crippen LogP contribution in [0.5, 0.6) is 0 Å². The van der Waals surface area contributed by atoms with Crippen LogP contribution in [0, 0.1) is 11.6 Å². The first-order valence-electron chi connectivity index (χ1n) is 8.17. The molecule has 0 spiro atoms. The average Bonchev–Trinajstić information content (AvgIpc) is 2.52. The molecule has 1 aliphatic heterocycles. The quantitative estimate of drug-likeness (QED) is 0.903. The van der Waals surface area contributed by atoms with Crippen molar-refractivity contribution in [2.75, 3.05) is 33.2 Å². The monoisotopic (exact) mass is 337 g/mol. The molecule has 1 heterocycles. The van der Waals surface area contributed by atoms with Gasteiger partial charge in [0.1, 0.15) is 11.6 Å². The van der Waals surface area contributed by atoms with Crippen LogP contribution in [-0.4, -0.2) is 54.8 Å². The summed E-state index contributed by atoms with van der Waals surface area (Å²) in [6.07, 6.45) is 1.96. The molecule has 0 unspecified atom stereocenters. The van der Waals surface area contributed by atoms with Gasteiger partial charge in [-0.15, -0.1) is 0 Å². The zero-order chi connectivity index (χ0) is 17.3. The Hall–Kier alpha value is -2.02. The van der Waals surface area contributed by atoms with Gasteiger partial charge in [0.15, 0.2) is 0 Å². The Morgan fingerprint density at radius 1 is 1.33 bits per heavy atom. The van der Waals surface area contributed by atoms with Gasteiger partial charge in [-0.2, -0.15) is 0 Å². The number of benzene rings is 1. The Bertz CT molecular complexity index is 665.